The standard InChI is InChI=1S/C74H133N2O7P/c1-7-10-13-16-19-22-25-28-30-32-34-35-36-37-38-39-40-41-43-44-46-48-51-54-57-60-63-66-73(77)75-71(70-82-84(79,80)81-69-68-76(4,5)6)72(65-62-59-56-53-50-27-24-21-18-15-12-9-3)83-74(78)67-64-61-58-55-52-49-47-45-42-33-31-29-26-23-20-17-14-11-8-2/h11,14,20,23,28-31,42,45,49,52,58,61-62,65,71-72H,7-10,12-13,15-19,21-22,24-27,32-41,43-44,46-48,50-51,53-57,59-60,63-64,66-70H2,1-6H3,(H-,75,77,79,80)/b14-11-,23-20-,30-28+,31-29-,45-42-,52-49-,61-58-,65-62-. The van der Waals surface area contributed by atoms with E-state index in [1.807, 2.05) is 39.4 Å². The molecular formula is C74H133N2O7P. The molecule has 0 saturated carbocycles. The second kappa shape index (κ2) is 63.0. The Labute approximate surface area is 519 Å². The van der Waals surface area contributed by atoms with Crippen molar-refractivity contribution in [3.63, 3.8) is 0 Å². The third-order valence-electron chi connectivity index (χ3n) is 15.3. The number of phosphoric acid groups is 1. The predicted octanol–water partition coefficient (Wildman–Crippen LogP) is 21.7. The average molecular weight is 1190 g/mol. The molecule has 486 valence electrons. The number of quaternary nitrogens is 1. The van der Waals surface area contributed by atoms with Crippen LogP contribution in [0.3, 0.4) is 0 Å². The Kier molecular flexibility index (Phi) is 60.7. The first-order valence-electron chi connectivity index (χ1n) is 35.0. The number of ether oxygens (including phenoxy) is 1. The first-order valence-corrected chi connectivity index (χ1v) is 36.5. The summed E-state index contributed by atoms with van der Waals surface area (Å²) in [6.07, 6.45) is 85.6. The summed E-state index contributed by atoms with van der Waals surface area (Å²) in [6.45, 7) is 6.70. The predicted molar refractivity (Wildman–Crippen MR) is 362 cm³/mol. The molecule has 0 rings (SSSR count). The molecule has 0 saturated heterocycles. The summed E-state index contributed by atoms with van der Waals surface area (Å²) in [4.78, 5) is 40.1. The number of hydrogen-bond acceptors (Lipinski definition) is 7. The van der Waals surface area contributed by atoms with Crippen LogP contribution < -0.4 is 10.2 Å². The second-order valence-corrected chi connectivity index (χ2v) is 26.1. The van der Waals surface area contributed by atoms with Gasteiger partial charge in [-0.3, -0.25) is 14.2 Å². The second-order valence-electron chi connectivity index (χ2n) is 24.6. The van der Waals surface area contributed by atoms with Crippen molar-refractivity contribution in [1.82, 2.24) is 5.32 Å². The quantitative estimate of drug-likeness (QED) is 0.0212. The molecule has 0 aliphatic carbocycles. The molecule has 0 fully saturated rings. The van der Waals surface area contributed by atoms with Crippen LogP contribution in [0.15, 0.2) is 97.2 Å². The van der Waals surface area contributed by atoms with Gasteiger partial charge in [-0.05, 0) is 96.0 Å². The molecule has 3 unspecified atom stereocenters. The van der Waals surface area contributed by atoms with E-state index < -0.39 is 32.5 Å². The number of amides is 1. The number of nitrogens with zero attached hydrogens (tertiary/aromatic N) is 1. The van der Waals surface area contributed by atoms with E-state index in [4.69, 9.17) is 13.8 Å². The Morgan fingerprint density at radius 1 is 0.429 bits per heavy atom. The molecular weight excluding hydrogens is 1060 g/mol. The Morgan fingerprint density at radius 2 is 0.774 bits per heavy atom. The highest BCUT2D eigenvalue weighted by Crippen LogP contribution is 2.38. The first-order chi connectivity index (χ1) is 40.9. The Hall–Kier alpha value is -3.07. The van der Waals surface area contributed by atoms with Crippen molar-refractivity contribution in [2.75, 3.05) is 40.9 Å². The summed E-state index contributed by atoms with van der Waals surface area (Å²) in [7, 11) is 1.15. The highest BCUT2D eigenvalue weighted by atomic mass is 31.2. The number of carbonyl (C=O) groups is 2. The van der Waals surface area contributed by atoms with Crippen molar-refractivity contribution >= 4 is 19.7 Å². The third kappa shape index (κ3) is 63.4. The molecule has 10 heteroatoms. The highest BCUT2D eigenvalue weighted by Gasteiger charge is 2.27. The van der Waals surface area contributed by atoms with Crippen LogP contribution in [0.5, 0.6) is 0 Å². The number of allylic oxidation sites excluding steroid dienone is 15. The molecule has 1 N–H and O–H groups in total. The highest BCUT2D eigenvalue weighted by molar-refractivity contribution is 7.45. The van der Waals surface area contributed by atoms with E-state index in [0.29, 0.717) is 23.9 Å². The normalized spacial score (nSPS) is 14.1. The minimum Gasteiger partial charge on any atom is -0.756 e. The van der Waals surface area contributed by atoms with E-state index in [9.17, 15) is 19.0 Å². The van der Waals surface area contributed by atoms with E-state index >= 15 is 0 Å². The largest absolute Gasteiger partial charge is 0.756 e. The van der Waals surface area contributed by atoms with Crippen LogP contribution >= 0.6 is 7.82 Å². The van der Waals surface area contributed by atoms with Crippen molar-refractivity contribution in [3.05, 3.63) is 97.2 Å². The van der Waals surface area contributed by atoms with Gasteiger partial charge in [0.1, 0.15) is 19.3 Å². The number of hydrogen-bond donors (Lipinski definition) is 1. The van der Waals surface area contributed by atoms with Crippen LogP contribution in [-0.4, -0.2) is 69.4 Å². The number of unbranched alkanes of at least 4 members (excludes halogenated alkanes) is 33. The average Bonchev–Trinajstić information content (AvgIpc) is 3.65. The number of nitrogens with one attached hydrogen (secondary N) is 1. The van der Waals surface area contributed by atoms with Crippen molar-refractivity contribution in [2.45, 2.75) is 322 Å². The summed E-state index contributed by atoms with van der Waals surface area (Å²) in [5.41, 5.74) is 0. The minimum atomic E-state index is -4.72. The lowest BCUT2D eigenvalue weighted by Gasteiger charge is -2.30. The summed E-state index contributed by atoms with van der Waals surface area (Å²) in [5, 5.41) is 3.02. The van der Waals surface area contributed by atoms with E-state index in [2.05, 4.69) is 105 Å². The van der Waals surface area contributed by atoms with Gasteiger partial charge < -0.3 is 28.5 Å². The van der Waals surface area contributed by atoms with Gasteiger partial charge in [-0.2, -0.15) is 0 Å². The monoisotopic (exact) mass is 1190 g/mol. The Bertz CT molecular complexity index is 1760. The number of esters is 1. The van der Waals surface area contributed by atoms with Crippen molar-refractivity contribution < 1.29 is 37.3 Å². The molecule has 9 nitrogen and oxygen atoms in total. The molecule has 0 aromatic heterocycles. The maximum Gasteiger partial charge on any atom is 0.306 e. The van der Waals surface area contributed by atoms with Crippen LogP contribution in [-0.2, 0) is 27.9 Å². The smallest absolute Gasteiger partial charge is 0.306 e. The zero-order valence-corrected chi connectivity index (χ0v) is 56.5. The summed E-state index contributed by atoms with van der Waals surface area (Å²) >= 11 is 0. The third-order valence-corrected chi connectivity index (χ3v) is 16.2. The number of phosphoric ester groups is 1. The Morgan fingerprint density at radius 3 is 1.17 bits per heavy atom. The first kappa shape index (κ1) is 80.9. The lowest BCUT2D eigenvalue weighted by molar-refractivity contribution is -0.870. The maximum atomic E-state index is 13.6. The van der Waals surface area contributed by atoms with Gasteiger partial charge >= 0.3 is 5.97 Å². The zero-order valence-electron chi connectivity index (χ0n) is 55.6. The molecule has 0 radical (unpaired) electrons. The summed E-state index contributed by atoms with van der Waals surface area (Å²) < 4.78 is 30.3. The Balaban J connectivity index is 5.11. The number of carbonyl (C=O) groups excluding carboxylic acids is 2. The molecule has 0 aliphatic rings. The summed E-state index contributed by atoms with van der Waals surface area (Å²) in [6, 6.07) is -0.924. The molecule has 0 aliphatic heterocycles. The molecule has 0 aromatic carbocycles. The van der Waals surface area contributed by atoms with Gasteiger partial charge in [0.05, 0.1) is 33.8 Å². The van der Waals surface area contributed by atoms with E-state index in [1.54, 1.807) is 0 Å². The molecule has 0 bridgehead atoms. The van der Waals surface area contributed by atoms with Crippen LogP contribution in [0.2, 0.25) is 0 Å². The van der Waals surface area contributed by atoms with E-state index in [1.165, 1.54) is 193 Å². The molecule has 0 aromatic rings. The van der Waals surface area contributed by atoms with Crippen LogP contribution in [0.4, 0.5) is 0 Å². The minimum absolute atomic E-state index is 0.0362. The lowest BCUT2D eigenvalue weighted by atomic mass is 10.0. The topological polar surface area (TPSA) is 114 Å². The van der Waals surface area contributed by atoms with Crippen molar-refractivity contribution in [1.29, 1.82) is 0 Å². The fourth-order valence-corrected chi connectivity index (χ4v) is 10.6. The van der Waals surface area contributed by atoms with Crippen molar-refractivity contribution in [2.24, 2.45) is 0 Å². The van der Waals surface area contributed by atoms with Gasteiger partial charge in [0.25, 0.3) is 7.82 Å². The van der Waals surface area contributed by atoms with Gasteiger partial charge in [0, 0.05) is 12.8 Å². The fraction of sp³-hybridized carbons (Fsp3) is 0.757. The summed E-state index contributed by atoms with van der Waals surface area (Å²) in [5.74, 6) is -0.634. The van der Waals surface area contributed by atoms with Crippen molar-refractivity contribution in [3.8, 4) is 0 Å². The van der Waals surface area contributed by atoms with Gasteiger partial charge in [0.2, 0.25) is 5.91 Å². The molecule has 1 amide bonds. The van der Waals surface area contributed by atoms with Gasteiger partial charge in [-0.15, -0.1) is 0 Å². The SMILES string of the molecule is CC/C=C\C/C=C\C/C=C\C/C=C\C/C=C\C/C=C\CCC(=O)OC(/C=C\CCCCCCCCCCCC)C(COP(=O)([O-])OCC[N+](C)(C)C)NC(=O)CCCCCCCCCCCCCCCCCCC/C=C/CCCCCCCC. The molecule has 3 atom stereocenters. The van der Waals surface area contributed by atoms with E-state index in [-0.39, 0.29) is 18.9 Å². The van der Waals surface area contributed by atoms with Gasteiger partial charge in [0.15, 0.2) is 0 Å². The maximum absolute atomic E-state index is 13.6. The number of likely N-dealkylation sites (N-methyl/N-ethyl adjacent to an activating group) is 1. The zero-order chi connectivity index (χ0) is 61.4. The fourth-order valence-electron chi connectivity index (χ4n) is 9.90. The molecule has 84 heavy (non-hydrogen) atoms. The van der Waals surface area contributed by atoms with Crippen LogP contribution in [0.25, 0.3) is 0 Å². The number of rotatable bonds is 63. The van der Waals surface area contributed by atoms with Gasteiger partial charge in [-0.1, -0.05) is 298 Å². The molecule has 0 heterocycles. The molecule has 0 spiro atoms. The van der Waals surface area contributed by atoms with Crippen LogP contribution in [0.1, 0.15) is 310 Å². The van der Waals surface area contributed by atoms with Crippen LogP contribution in [0, 0.1) is 0 Å². The van der Waals surface area contributed by atoms with E-state index in [0.717, 1.165) is 77.0 Å². The van der Waals surface area contributed by atoms with Gasteiger partial charge in [-0.25, -0.2) is 0 Å². The lowest BCUT2D eigenvalue weighted by Crippen LogP contribution is -2.47.